The quantitative estimate of drug-likeness (QED) is 0.692. The van der Waals surface area contributed by atoms with E-state index in [-0.39, 0.29) is 0 Å². The van der Waals surface area contributed by atoms with Gasteiger partial charge in [-0.25, -0.2) is 0 Å². The number of nitrogens with one attached hydrogen (secondary N) is 1. The van der Waals surface area contributed by atoms with E-state index in [1.807, 2.05) is 0 Å². The molecule has 0 aromatic heterocycles. The average molecular weight is 229 g/mol. The van der Waals surface area contributed by atoms with Crippen molar-refractivity contribution in [1.82, 2.24) is 5.32 Å². The predicted molar refractivity (Wildman–Crippen MR) is 66.7 cm³/mol. The first-order valence-corrected chi connectivity index (χ1v) is 6.65. The van der Waals surface area contributed by atoms with E-state index in [1.54, 1.807) is 0 Å². The van der Waals surface area contributed by atoms with Crippen molar-refractivity contribution in [2.45, 2.75) is 52.2 Å². The van der Waals surface area contributed by atoms with Gasteiger partial charge in [0.15, 0.2) is 0 Å². The van der Waals surface area contributed by atoms with E-state index in [4.69, 9.17) is 9.47 Å². The highest BCUT2D eigenvalue weighted by atomic mass is 16.5. The van der Waals surface area contributed by atoms with Crippen molar-refractivity contribution in [3.8, 4) is 0 Å². The van der Waals surface area contributed by atoms with Crippen molar-refractivity contribution in [3.05, 3.63) is 0 Å². The summed E-state index contributed by atoms with van der Waals surface area (Å²) in [6.45, 7) is 10.2. The van der Waals surface area contributed by atoms with Gasteiger partial charge in [-0.3, -0.25) is 0 Å². The lowest BCUT2D eigenvalue weighted by molar-refractivity contribution is 0.0553. The van der Waals surface area contributed by atoms with Crippen LogP contribution in [0.25, 0.3) is 0 Å². The maximum Gasteiger partial charge on any atom is 0.0623 e. The van der Waals surface area contributed by atoms with Gasteiger partial charge in [0.1, 0.15) is 0 Å². The van der Waals surface area contributed by atoms with Crippen molar-refractivity contribution in [3.63, 3.8) is 0 Å². The molecule has 1 rings (SSSR count). The van der Waals surface area contributed by atoms with Crippen LogP contribution in [0, 0.1) is 5.92 Å². The highest BCUT2D eigenvalue weighted by molar-refractivity contribution is 4.74. The molecule has 2 unspecified atom stereocenters. The van der Waals surface area contributed by atoms with Crippen molar-refractivity contribution >= 4 is 0 Å². The summed E-state index contributed by atoms with van der Waals surface area (Å²) in [5, 5.41) is 3.57. The van der Waals surface area contributed by atoms with Gasteiger partial charge in [-0.2, -0.15) is 0 Å². The molecular formula is C13H27NO2. The Morgan fingerprint density at radius 3 is 2.81 bits per heavy atom. The van der Waals surface area contributed by atoms with Crippen molar-refractivity contribution in [1.29, 1.82) is 0 Å². The highest BCUT2D eigenvalue weighted by Crippen LogP contribution is 2.18. The summed E-state index contributed by atoms with van der Waals surface area (Å²) in [6, 6.07) is 0.494. The molecule has 1 aliphatic rings. The van der Waals surface area contributed by atoms with Gasteiger partial charge < -0.3 is 14.8 Å². The second kappa shape index (κ2) is 8.04. The molecule has 1 saturated heterocycles. The molecule has 0 radical (unpaired) electrons. The molecule has 2 atom stereocenters. The molecule has 96 valence electrons. The van der Waals surface area contributed by atoms with Crippen LogP contribution in [0.15, 0.2) is 0 Å². The first-order valence-electron chi connectivity index (χ1n) is 6.65. The molecule has 0 amide bonds. The Morgan fingerprint density at radius 1 is 1.44 bits per heavy atom. The number of hydrogen-bond acceptors (Lipinski definition) is 3. The SMILES string of the molecule is CCCNC(COC(C)C)CC1CCOC1. The minimum atomic E-state index is 0.325. The van der Waals surface area contributed by atoms with Crippen LogP contribution in [0.2, 0.25) is 0 Å². The van der Waals surface area contributed by atoms with E-state index >= 15 is 0 Å². The van der Waals surface area contributed by atoms with Gasteiger partial charge >= 0.3 is 0 Å². The van der Waals surface area contributed by atoms with Gasteiger partial charge in [0, 0.05) is 19.3 Å². The van der Waals surface area contributed by atoms with Crippen molar-refractivity contribution in [2.24, 2.45) is 5.92 Å². The van der Waals surface area contributed by atoms with Crippen LogP contribution in [-0.2, 0) is 9.47 Å². The third kappa shape index (κ3) is 5.83. The fourth-order valence-corrected chi connectivity index (χ4v) is 2.04. The minimum Gasteiger partial charge on any atom is -0.381 e. The van der Waals surface area contributed by atoms with E-state index in [2.05, 4.69) is 26.1 Å². The van der Waals surface area contributed by atoms with Crippen LogP contribution >= 0.6 is 0 Å². The first kappa shape index (κ1) is 13.9. The maximum absolute atomic E-state index is 5.71. The van der Waals surface area contributed by atoms with E-state index < -0.39 is 0 Å². The Morgan fingerprint density at radius 2 is 2.25 bits per heavy atom. The Hall–Kier alpha value is -0.120. The lowest BCUT2D eigenvalue weighted by Gasteiger charge is -2.22. The summed E-state index contributed by atoms with van der Waals surface area (Å²) >= 11 is 0. The predicted octanol–water partition coefficient (Wildman–Crippen LogP) is 2.21. The molecule has 3 heteroatoms. The number of ether oxygens (including phenoxy) is 2. The smallest absolute Gasteiger partial charge is 0.0623 e. The van der Waals surface area contributed by atoms with E-state index in [1.165, 1.54) is 19.3 Å². The molecule has 1 fully saturated rings. The summed E-state index contributed by atoms with van der Waals surface area (Å²) in [4.78, 5) is 0. The van der Waals surface area contributed by atoms with Gasteiger partial charge in [0.2, 0.25) is 0 Å². The zero-order valence-electron chi connectivity index (χ0n) is 11.0. The monoisotopic (exact) mass is 229 g/mol. The lowest BCUT2D eigenvalue weighted by Crippen LogP contribution is -2.36. The summed E-state index contributed by atoms with van der Waals surface area (Å²) in [6.07, 6.45) is 3.91. The number of hydrogen-bond donors (Lipinski definition) is 1. The summed E-state index contributed by atoms with van der Waals surface area (Å²) < 4.78 is 11.1. The molecule has 1 N–H and O–H groups in total. The van der Waals surface area contributed by atoms with Gasteiger partial charge in [-0.05, 0) is 45.6 Å². The third-order valence-electron chi connectivity index (χ3n) is 2.96. The second-order valence-corrected chi connectivity index (χ2v) is 5.00. The topological polar surface area (TPSA) is 30.5 Å². The highest BCUT2D eigenvalue weighted by Gasteiger charge is 2.20. The molecule has 1 aliphatic heterocycles. The molecule has 0 aliphatic carbocycles. The Kier molecular flexibility index (Phi) is 7.01. The minimum absolute atomic E-state index is 0.325. The molecule has 1 heterocycles. The average Bonchev–Trinajstić information content (AvgIpc) is 2.74. The summed E-state index contributed by atoms with van der Waals surface area (Å²) in [5.41, 5.74) is 0. The normalized spacial score (nSPS) is 22.9. The van der Waals surface area contributed by atoms with Crippen LogP contribution in [0.5, 0.6) is 0 Å². The van der Waals surface area contributed by atoms with Gasteiger partial charge in [-0.15, -0.1) is 0 Å². The zero-order valence-corrected chi connectivity index (χ0v) is 11.0. The first-order chi connectivity index (χ1) is 7.72. The Bertz CT molecular complexity index is 167. The van der Waals surface area contributed by atoms with E-state index in [9.17, 15) is 0 Å². The van der Waals surface area contributed by atoms with Crippen molar-refractivity contribution < 1.29 is 9.47 Å². The molecule has 0 aromatic carbocycles. The molecule has 0 aromatic rings. The molecule has 0 spiro atoms. The van der Waals surface area contributed by atoms with Gasteiger partial charge in [0.25, 0.3) is 0 Å². The molecule has 3 nitrogen and oxygen atoms in total. The van der Waals surface area contributed by atoms with Gasteiger partial charge in [-0.1, -0.05) is 6.92 Å². The largest absolute Gasteiger partial charge is 0.381 e. The van der Waals surface area contributed by atoms with Crippen LogP contribution in [-0.4, -0.2) is 38.5 Å². The maximum atomic E-state index is 5.71. The summed E-state index contributed by atoms with van der Waals surface area (Å²) in [7, 11) is 0. The van der Waals surface area contributed by atoms with Crippen LogP contribution < -0.4 is 5.32 Å². The molecule has 0 bridgehead atoms. The van der Waals surface area contributed by atoms with Crippen LogP contribution in [0.1, 0.15) is 40.0 Å². The Labute approximate surface area is 99.9 Å². The fraction of sp³-hybridized carbons (Fsp3) is 1.00. The summed E-state index contributed by atoms with van der Waals surface area (Å²) in [5.74, 6) is 0.727. The van der Waals surface area contributed by atoms with Crippen molar-refractivity contribution in [2.75, 3.05) is 26.4 Å². The Balaban J connectivity index is 2.24. The van der Waals surface area contributed by atoms with Gasteiger partial charge in [0.05, 0.1) is 12.7 Å². The fourth-order valence-electron chi connectivity index (χ4n) is 2.04. The molecular weight excluding hydrogens is 202 g/mol. The standard InChI is InChI=1S/C13H27NO2/c1-4-6-14-13(10-16-11(2)3)8-12-5-7-15-9-12/h11-14H,4-10H2,1-3H3. The van der Waals surface area contributed by atoms with Crippen LogP contribution in [0.4, 0.5) is 0 Å². The molecule has 0 saturated carbocycles. The van der Waals surface area contributed by atoms with Crippen LogP contribution in [0.3, 0.4) is 0 Å². The van der Waals surface area contributed by atoms with E-state index in [0.29, 0.717) is 12.1 Å². The lowest BCUT2D eigenvalue weighted by atomic mass is 9.99. The molecule has 16 heavy (non-hydrogen) atoms. The third-order valence-corrected chi connectivity index (χ3v) is 2.96. The zero-order chi connectivity index (χ0) is 11.8. The van der Waals surface area contributed by atoms with E-state index in [0.717, 1.165) is 32.3 Å². The number of rotatable bonds is 8. The second-order valence-electron chi connectivity index (χ2n) is 5.00.